The Labute approximate surface area is 186 Å². The number of hydrogen-bond donors (Lipinski definition) is 1. The third-order valence-corrected chi connectivity index (χ3v) is 6.04. The van der Waals surface area contributed by atoms with Gasteiger partial charge in [-0.25, -0.2) is 9.97 Å². The van der Waals surface area contributed by atoms with Crippen molar-refractivity contribution in [1.82, 2.24) is 14.5 Å². The minimum atomic E-state index is 0.317. The average Bonchev–Trinajstić information content (AvgIpc) is 3.22. The van der Waals surface area contributed by atoms with Crippen molar-refractivity contribution in [2.45, 2.75) is 31.7 Å². The number of anilines is 1. The van der Waals surface area contributed by atoms with Crippen LogP contribution in [0.5, 0.6) is 11.5 Å². The fourth-order valence-corrected chi connectivity index (χ4v) is 4.42. The molecule has 2 heterocycles. The van der Waals surface area contributed by atoms with Gasteiger partial charge in [0.15, 0.2) is 0 Å². The Morgan fingerprint density at radius 3 is 2.44 bits per heavy atom. The van der Waals surface area contributed by atoms with Crippen LogP contribution in [0, 0.1) is 11.3 Å². The molecule has 0 atom stereocenters. The molecule has 32 heavy (non-hydrogen) atoms. The van der Waals surface area contributed by atoms with Gasteiger partial charge in [-0.05, 0) is 55.5 Å². The SMILES string of the molecule is N#CC=C1CCC(n2cc(-c3ccc(Oc4ccccc4)cc3)c3c(N)ncnc32)CC1. The predicted molar refractivity (Wildman–Crippen MR) is 125 cm³/mol. The summed E-state index contributed by atoms with van der Waals surface area (Å²) in [5, 5.41) is 9.81. The molecule has 1 fully saturated rings. The second-order valence-corrected chi connectivity index (χ2v) is 8.01. The molecule has 0 aliphatic heterocycles. The molecule has 0 amide bonds. The van der Waals surface area contributed by atoms with E-state index in [0.717, 1.165) is 59.3 Å². The first kappa shape index (κ1) is 19.8. The number of allylic oxidation sites excluding steroid dienone is 2. The van der Waals surface area contributed by atoms with Gasteiger partial charge >= 0.3 is 0 Å². The maximum atomic E-state index is 8.93. The van der Waals surface area contributed by atoms with Crippen molar-refractivity contribution in [1.29, 1.82) is 5.26 Å². The Hall–Kier alpha value is -4.11. The molecule has 6 nitrogen and oxygen atoms in total. The molecule has 6 heteroatoms. The van der Waals surface area contributed by atoms with Crippen LogP contribution in [0.4, 0.5) is 5.82 Å². The third kappa shape index (κ3) is 3.81. The molecule has 5 rings (SSSR count). The van der Waals surface area contributed by atoms with Gasteiger partial charge in [0, 0.05) is 23.9 Å². The van der Waals surface area contributed by atoms with E-state index in [0.29, 0.717) is 11.9 Å². The number of rotatable bonds is 4. The molecule has 0 spiro atoms. The summed E-state index contributed by atoms with van der Waals surface area (Å²) in [7, 11) is 0. The van der Waals surface area contributed by atoms with Crippen LogP contribution in [0.1, 0.15) is 31.7 Å². The first-order valence-electron chi connectivity index (χ1n) is 10.7. The number of benzene rings is 2. The van der Waals surface area contributed by atoms with E-state index in [9.17, 15) is 0 Å². The Bertz CT molecular complexity index is 1310. The minimum absolute atomic E-state index is 0.317. The van der Waals surface area contributed by atoms with Crippen LogP contribution < -0.4 is 10.5 Å². The largest absolute Gasteiger partial charge is 0.457 e. The highest BCUT2D eigenvalue weighted by Gasteiger charge is 2.23. The monoisotopic (exact) mass is 421 g/mol. The number of aromatic nitrogens is 3. The summed E-state index contributed by atoms with van der Waals surface area (Å²) in [6.07, 6.45) is 9.17. The number of nitrogens with zero attached hydrogens (tertiary/aromatic N) is 4. The van der Waals surface area contributed by atoms with Crippen LogP contribution >= 0.6 is 0 Å². The van der Waals surface area contributed by atoms with Gasteiger partial charge in [-0.1, -0.05) is 35.9 Å². The zero-order chi connectivity index (χ0) is 21.9. The predicted octanol–water partition coefficient (Wildman–Crippen LogP) is 6.04. The van der Waals surface area contributed by atoms with Gasteiger partial charge in [-0.2, -0.15) is 5.26 Å². The molecular formula is C26H23N5O. The lowest BCUT2D eigenvalue weighted by Crippen LogP contribution is -2.13. The number of nitrogen functional groups attached to an aromatic ring is 1. The zero-order valence-electron chi connectivity index (χ0n) is 17.6. The molecular weight excluding hydrogens is 398 g/mol. The molecule has 2 aromatic heterocycles. The smallest absolute Gasteiger partial charge is 0.146 e. The summed E-state index contributed by atoms with van der Waals surface area (Å²) in [6.45, 7) is 0. The standard InChI is InChI=1S/C26H23N5O/c27-15-14-18-6-10-20(11-7-18)31-16-23(24-25(28)29-17-30-26(24)31)19-8-12-22(13-9-19)32-21-4-2-1-3-5-21/h1-5,8-9,12-14,16-17,20H,6-7,10-11H2,(H2,28,29,30). The van der Waals surface area contributed by atoms with E-state index in [4.69, 9.17) is 15.7 Å². The van der Waals surface area contributed by atoms with Crippen LogP contribution in [0.3, 0.4) is 0 Å². The minimum Gasteiger partial charge on any atom is -0.457 e. The highest BCUT2D eigenvalue weighted by molar-refractivity contribution is 6.00. The van der Waals surface area contributed by atoms with E-state index in [1.54, 1.807) is 6.08 Å². The molecule has 4 aromatic rings. The summed E-state index contributed by atoms with van der Waals surface area (Å²) < 4.78 is 8.16. The fourth-order valence-electron chi connectivity index (χ4n) is 4.42. The highest BCUT2D eigenvalue weighted by Crippen LogP contribution is 2.39. The first-order chi connectivity index (χ1) is 15.7. The number of nitrogens with two attached hydrogens (primary N) is 1. The Kier molecular flexibility index (Phi) is 5.30. The van der Waals surface area contributed by atoms with Crippen LogP contribution in [0.15, 0.2) is 78.8 Å². The van der Waals surface area contributed by atoms with Gasteiger partial charge in [-0.15, -0.1) is 0 Å². The van der Waals surface area contributed by atoms with Crippen molar-refractivity contribution in [3.8, 4) is 28.7 Å². The second kappa shape index (κ2) is 8.56. The van der Waals surface area contributed by atoms with Crippen LogP contribution in [-0.4, -0.2) is 14.5 Å². The topological polar surface area (TPSA) is 89.8 Å². The number of nitriles is 1. The van der Waals surface area contributed by atoms with Gasteiger partial charge in [-0.3, -0.25) is 0 Å². The second-order valence-electron chi connectivity index (χ2n) is 8.01. The van der Waals surface area contributed by atoms with Crippen molar-refractivity contribution in [3.05, 3.63) is 78.8 Å². The quantitative estimate of drug-likeness (QED) is 0.406. The van der Waals surface area contributed by atoms with Gasteiger partial charge in [0.2, 0.25) is 0 Å². The van der Waals surface area contributed by atoms with Gasteiger partial charge < -0.3 is 15.0 Å². The lowest BCUT2D eigenvalue weighted by Gasteiger charge is -2.25. The van der Waals surface area contributed by atoms with Crippen molar-refractivity contribution >= 4 is 16.9 Å². The molecule has 0 saturated heterocycles. The number of ether oxygens (including phenoxy) is 1. The van der Waals surface area contributed by atoms with E-state index in [2.05, 4.69) is 26.8 Å². The average molecular weight is 422 g/mol. The zero-order valence-corrected chi connectivity index (χ0v) is 17.6. The van der Waals surface area contributed by atoms with E-state index in [1.165, 1.54) is 11.9 Å². The maximum Gasteiger partial charge on any atom is 0.146 e. The van der Waals surface area contributed by atoms with Gasteiger partial charge in [0.1, 0.15) is 29.3 Å². The van der Waals surface area contributed by atoms with Gasteiger partial charge in [0.05, 0.1) is 11.5 Å². The summed E-state index contributed by atoms with van der Waals surface area (Å²) in [5.74, 6) is 2.06. The third-order valence-electron chi connectivity index (χ3n) is 6.04. The normalized spacial score (nSPS) is 16.0. The molecule has 1 aliphatic rings. The van der Waals surface area contributed by atoms with E-state index < -0.39 is 0 Å². The van der Waals surface area contributed by atoms with E-state index in [-0.39, 0.29) is 0 Å². The van der Waals surface area contributed by atoms with Crippen molar-refractivity contribution < 1.29 is 4.74 Å². The molecule has 0 bridgehead atoms. The number of fused-ring (bicyclic) bond motifs is 1. The van der Waals surface area contributed by atoms with Crippen LogP contribution in [0.25, 0.3) is 22.2 Å². The molecule has 2 aromatic carbocycles. The van der Waals surface area contributed by atoms with Crippen LogP contribution in [0.2, 0.25) is 0 Å². The summed E-state index contributed by atoms with van der Waals surface area (Å²) >= 11 is 0. The lowest BCUT2D eigenvalue weighted by molar-refractivity contribution is 0.407. The Morgan fingerprint density at radius 1 is 1.00 bits per heavy atom. The van der Waals surface area contributed by atoms with Gasteiger partial charge in [0.25, 0.3) is 0 Å². The Balaban J connectivity index is 1.48. The Morgan fingerprint density at radius 2 is 1.72 bits per heavy atom. The highest BCUT2D eigenvalue weighted by atomic mass is 16.5. The lowest BCUT2D eigenvalue weighted by atomic mass is 9.90. The molecule has 2 N–H and O–H groups in total. The molecule has 1 aliphatic carbocycles. The summed E-state index contributed by atoms with van der Waals surface area (Å²) in [6, 6.07) is 20.2. The fraction of sp³-hybridized carbons (Fsp3) is 0.192. The van der Waals surface area contributed by atoms with E-state index >= 15 is 0 Å². The molecule has 0 unspecified atom stereocenters. The molecule has 0 radical (unpaired) electrons. The summed E-state index contributed by atoms with van der Waals surface area (Å²) in [5.41, 5.74) is 10.4. The maximum absolute atomic E-state index is 8.93. The van der Waals surface area contributed by atoms with Crippen molar-refractivity contribution in [2.75, 3.05) is 5.73 Å². The van der Waals surface area contributed by atoms with Crippen molar-refractivity contribution in [2.24, 2.45) is 0 Å². The number of hydrogen-bond acceptors (Lipinski definition) is 5. The van der Waals surface area contributed by atoms with Crippen molar-refractivity contribution in [3.63, 3.8) is 0 Å². The molecule has 1 saturated carbocycles. The van der Waals surface area contributed by atoms with Crippen LogP contribution in [-0.2, 0) is 0 Å². The summed E-state index contributed by atoms with van der Waals surface area (Å²) in [4.78, 5) is 8.82. The van der Waals surface area contributed by atoms with E-state index in [1.807, 2.05) is 54.6 Å². The molecule has 158 valence electrons. The number of para-hydroxylation sites is 1. The first-order valence-corrected chi connectivity index (χ1v) is 10.7.